The first-order valence-electron chi connectivity index (χ1n) is 12.5. The van der Waals surface area contributed by atoms with Crippen molar-refractivity contribution < 1.29 is 9.59 Å². The topological polar surface area (TPSA) is 49.4 Å². The largest absolute Gasteiger partial charge is 0.354 e. The Hall–Kier alpha value is -2.76. The molecule has 3 aromatic carbocycles. The summed E-state index contributed by atoms with van der Waals surface area (Å²) in [6, 6.07) is 27.0. The summed E-state index contributed by atoms with van der Waals surface area (Å²) in [5.74, 6) is 1.04. The van der Waals surface area contributed by atoms with Gasteiger partial charge in [-0.1, -0.05) is 86.1 Å². The number of benzene rings is 3. The first-order valence-corrected chi connectivity index (χ1v) is 13.8. The van der Waals surface area contributed by atoms with E-state index < -0.39 is 6.04 Å². The summed E-state index contributed by atoms with van der Waals surface area (Å²) < 4.78 is 0. The summed E-state index contributed by atoms with van der Waals surface area (Å²) in [4.78, 5) is 29.9. The Balaban J connectivity index is 1.75. The van der Waals surface area contributed by atoms with Gasteiger partial charge in [-0.3, -0.25) is 9.59 Å². The van der Waals surface area contributed by atoms with Crippen LogP contribution in [-0.4, -0.2) is 35.1 Å². The molecule has 6 heteroatoms. The van der Waals surface area contributed by atoms with E-state index in [1.165, 1.54) is 0 Å². The van der Waals surface area contributed by atoms with Crippen molar-refractivity contribution >= 4 is 35.2 Å². The standard InChI is InChI=1S/C30H35ClN2O2S/c1-23(2)21-32-30(35)28(20-24-10-5-3-6-11-24)33(22-25-12-7-4-8-13-25)29(34)14-9-19-36-27-17-15-26(31)16-18-27/h3-8,10-13,15-18,23,28H,9,14,19-22H2,1-2H3,(H,32,35)/t28-/m0/s1. The van der Waals surface area contributed by atoms with Gasteiger partial charge in [0.05, 0.1) is 0 Å². The van der Waals surface area contributed by atoms with Crippen molar-refractivity contribution in [2.75, 3.05) is 12.3 Å². The van der Waals surface area contributed by atoms with Crippen LogP contribution < -0.4 is 5.32 Å². The Bertz CT molecular complexity index is 1080. The van der Waals surface area contributed by atoms with E-state index in [1.54, 1.807) is 16.7 Å². The molecule has 0 bridgehead atoms. The van der Waals surface area contributed by atoms with E-state index in [0.717, 1.165) is 28.2 Å². The fraction of sp³-hybridized carbons (Fsp3) is 0.333. The molecule has 0 saturated carbocycles. The molecule has 0 unspecified atom stereocenters. The number of hydrogen-bond acceptors (Lipinski definition) is 3. The summed E-state index contributed by atoms with van der Waals surface area (Å²) in [6.45, 7) is 5.11. The van der Waals surface area contributed by atoms with Crippen LogP contribution in [0.15, 0.2) is 89.8 Å². The van der Waals surface area contributed by atoms with Crippen LogP contribution in [0.1, 0.15) is 37.8 Å². The minimum atomic E-state index is -0.581. The lowest BCUT2D eigenvalue weighted by molar-refractivity contribution is -0.141. The van der Waals surface area contributed by atoms with Gasteiger partial charge in [-0.25, -0.2) is 0 Å². The van der Waals surface area contributed by atoms with Gasteiger partial charge < -0.3 is 10.2 Å². The molecule has 0 aromatic heterocycles. The number of thioether (sulfide) groups is 1. The van der Waals surface area contributed by atoms with Crippen LogP contribution in [-0.2, 0) is 22.6 Å². The van der Waals surface area contributed by atoms with Crippen molar-refractivity contribution in [2.24, 2.45) is 5.92 Å². The third kappa shape index (κ3) is 9.36. The van der Waals surface area contributed by atoms with Crippen molar-refractivity contribution in [2.45, 2.75) is 50.6 Å². The third-order valence-electron chi connectivity index (χ3n) is 5.77. The van der Waals surface area contributed by atoms with Gasteiger partial charge in [-0.05, 0) is 53.5 Å². The van der Waals surface area contributed by atoms with Crippen molar-refractivity contribution in [3.63, 3.8) is 0 Å². The Labute approximate surface area is 224 Å². The summed E-state index contributed by atoms with van der Waals surface area (Å²) in [5.41, 5.74) is 2.04. The zero-order valence-corrected chi connectivity index (χ0v) is 22.6. The zero-order chi connectivity index (χ0) is 25.8. The Morgan fingerprint density at radius 2 is 1.50 bits per heavy atom. The molecule has 0 heterocycles. The highest BCUT2D eigenvalue weighted by Gasteiger charge is 2.30. The predicted molar refractivity (Wildman–Crippen MR) is 150 cm³/mol. The van der Waals surface area contributed by atoms with Crippen LogP contribution >= 0.6 is 23.4 Å². The van der Waals surface area contributed by atoms with Crippen molar-refractivity contribution in [3.05, 3.63) is 101 Å². The van der Waals surface area contributed by atoms with Gasteiger partial charge in [0, 0.05) is 35.8 Å². The van der Waals surface area contributed by atoms with Crippen molar-refractivity contribution in [3.8, 4) is 0 Å². The summed E-state index contributed by atoms with van der Waals surface area (Å²) in [6.07, 6.45) is 1.59. The second-order valence-corrected chi connectivity index (χ2v) is 10.9. The summed E-state index contributed by atoms with van der Waals surface area (Å²) in [7, 11) is 0. The Morgan fingerprint density at radius 1 is 0.889 bits per heavy atom. The Kier molecular flexibility index (Phi) is 11.4. The third-order valence-corrected chi connectivity index (χ3v) is 7.12. The number of halogens is 1. The van der Waals surface area contributed by atoms with Crippen LogP contribution in [0.4, 0.5) is 0 Å². The molecular weight excluding hydrogens is 488 g/mol. The molecule has 0 aliphatic heterocycles. The van der Waals surface area contributed by atoms with Gasteiger partial charge in [0.2, 0.25) is 11.8 Å². The number of nitrogens with one attached hydrogen (secondary N) is 1. The van der Waals surface area contributed by atoms with E-state index in [2.05, 4.69) is 19.2 Å². The zero-order valence-electron chi connectivity index (χ0n) is 21.0. The van der Waals surface area contributed by atoms with Gasteiger partial charge in [0.25, 0.3) is 0 Å². The van der Waals surface area contributed by atoms with Gasteiger partial charge in [-0.2, -0.15) is 0 Å². The number of carbonyl (C=O) groups is 2. The molecule has 0 saturated heterocycles. The van der Waals surface area contributed by atoms with E-state index in [4.69, 9.17) is 11.6 Å². The minimum absolute atomic E-state index is 0.00353. The van der Waals surface area contributed by atoms with Crippen LogP contribution in [0.3, 0.4) is 0 Å². The lowest BCUT2D eigenvalue weighted by Crippen LogP contribution is -2.51. The second kappa shape index (κ2) is 14.7. The summed E-state index contributed by atoms with van der Waals surface area (Å²) in [5, 5.41) is 3.78. The Morgan fingerprint density at radius 3 is 2.11 bits per heavy atom. The van der Waals surface area contributed by atoms with E-state index in [0.29, 0.717) is 36.9 Å². The molecule has 0 fully saturated rings. The second-order valence-electron chi connectivity index (χ2n) is 9.26. The van der Waals surface area contributed by atoms with Gasteiger partial charge >= 0.3 is 0 Å². The quantitative estimate of drug-likeness (QED) is 0.202. The van der Waals surface area contributed by atoms with Crippen LogP contribution in [0, 0.1) is 5.92 Å². The molecule has 1 atom stereocenters. The van der Waals surface area contributed by atoms with E-state index >= 15 is 0 Å². The maximum Gasteiger partial charge on any atom is 0.243 e. The predicted octanol–water partition coefficient (Wildman–Crippen LogP) is 6.62. The molecule has 1 N–H and O–H groups in total. The van der Waals surface area contributed by atoms with Crippen molar-refractivity contribution in [1.29, 1.82) is 0 Å². The van der Waals surface area contributed by atoms with Gasteiger partial charge in [-0.15, -0.1) is 11.8 Å². The van der Waals surface area contributed by atoms with E-state index in [9.17, 15) is 9.59 Å². The summed E-state index contributed by atoms with van der Waals surface area (Å²) >= 11 is 7.68. The monoisotopic (exact) mass is 522 g/mol. The number of amides is 2. The molecule has 0 aliphatic carbocycles. The molecule has 4 nitrogen and oxygen atoms in total. The fourth-order valence-corrected chi connectivity index (χ4v) is 4.82. The highest BCUT2D eigenvalue weighted by Crippen LogP contribution is 2.22. The van der Waals surface area contributed by atoms with E-state index in [-0.39, 0.29) is 11.8 Å². The minimum Gasteiger partial charge on any atom is -0.354 e. The molecular formula is C30H35ClN2O2S. The first-order chi connectivity index (χ1) is 17.4. The molecule has 0 aliphatic rings. The smallest absolute Gasteiger partial charge is 0.243 e. The molecule has 190 valence electrons. The van der Waals surface area contributed by atoms with Crippen molar-refractivity contribution in [1.82, 2.24) is 10.2 Å². The molecule has 3 rings (SSSR count). The molecule has 2 amide bonds. The lowest BCUT2D eigenvalue weighted by Gasteiger charge is -2.32. The van der Waals surface area contributed by atoms with Gasteiger partial charge in [0.1, 0.15) is 6.04 Å². The number of carbonyl (C=O) groups excluding carboxylic acids is 2. The number of rotatable bonds is 13. The molecule has 0 spiro atoms. The first kappa shape index (κ1) is 27.8. The average Bonchev–Trinajstić information content (AvgIpc) is 2.89. The highest BCUT2D eigenvalue weighted by molar-refractivity contribution is 7.99. The number of nitrogens with zero attached hydrogens (tertiary/aromatic N) is 1. The molecule has 36 heavy (non-hydrogen) atoms. The SMILES string of the molecule is CC(C)CNC(=O)[C@H](Cc1ccccc1)N(Cc1ccccc1)C(=O)CCCSc1ccc(Cl)cc1. The normalized spacial score (nSPS) is 11.8. The number of hydrogen-bond donors (Lipinski definition) is 1. The average molecular weight is 523 g/mol. The lowest BCUT2D eigenvalue weighted by atomic mass is 10.0. The maximum atomic E-state index is 13.6. The van der Waals surface area contributed by atoms with Crippen LogP contribution in [0.5, 0.6) is 0 Å². The van der Waals surface area contributed by atoms with Gasteiger partial charge in [0.15, 0.2) is 0 Å². The molecule has 0 radical (unpaired) electrons. The molecule has 3 aromatic rings. The van der Waals surface area contributed by atoms with Crippen LogP contribution in [0.2, 0.25) is 5.02 Å². The maximum absolute atomic E-state index is 13.6. The van der Waals surface area contributed by atoms with Crippen LogP contribution in [0.25, 0.3) is 0 Å². The highest BCUT2D eigenvalue weighted by atomic mass is 35.5. The fourth-order valence-electron chi connectivity index (χ4n) is 3.84. The van der Waals surface area contributed by atoms with E-state index in [1.807, 2.05) is 84.9 Å².